The number of carbonyl (C=O) groups excluding carboxylic acids is 1. The molecular formula is C61H119N2O6P. The smallest absolute Gasteiger partial charge is 0.268 e. The summed E-state index contributed by atoms with van der Waals surface area (Å²) >= 11 is 0. The molecular weight excluding hydrogens is 888 g/mol. The standard InChI is InChI=1S/C61H119N2O6P/c1-6-8-10-12-14-16-18-20-22-24-26-28-29-30-31-32-33-35-36-38-40-42-44-46-48-50-52-54-60(64)59(58-69-70(66,67)68-57-56-63(3,4)5)62-61(65)55-53-51-49-47-45-43-41-39-37-34-27-25-23-21-19-17-15-13-11-9-7-2/h19,21,25,27,37,39,59-60,64H,6-18,20,22-24,26,28-36,38,40-58H2,1-5H3,(H-,62,65,66,67)/b21-19-,27-25-,39-37-. The highest BCUT2D eigenvalue weighted by molar-refractivity contribution is 7.45. The lowest BCUT2D eigenvalue weighted by Crippen LogP contribution is -2.46. The van der Waals surface area contributed by atoms with Crippen LogP contribution in [0.4, 0.5) is 0 Å². The molecule has 0 aliphatic heterocycles. The molecule has 0 aromatic rings. The Kier molecular flexibility index (Phi) is 51.6. The minimum atomic E-state index is -4.58. The quantitative estimate of drug-likeness (QED) is 0.0272. The summed E-state index contributed by atoms with van der Waals surface area (Å²) in [5, 5.41) is 14.0. The number of carbonyl (C=O) groups is 1. The van der Waals surface area contributed by atoms with Crippen molar-refractivity contribution in [3.05, 3.63) is 36.5 Å². The number of aliphatic hydroxyl groups is 1. The fourth-order valence-electron chi connectivity index (χ4n) is 9.11. The van der Waals surface area contributed by atoms with Crippen LogP contribution in [-0.2, 0) is 18.4 Å². The number of likely N-dealkylation sites (N-methyl/N-ethyl adjacent to an activating group) is 1. The molecule has 0 heterocycles. The fourth-order valence-corrected chi connectivity index (χ4v) is 9.83. The predicted octanol–water partition coefficient (Wildman–Crippen LogP) is 17.9. The molecule has 0 aliphatic rings. The highest BCUT2D eigenvalue weighted by atomic mass is 31.2. The Morgan fingerprint density at radius 3 is 1.20 bits per heavy atom. The summed E-state index contributed by atoms with van der Waals surface area (Å²) in [6.07, 6.45) is 67.5. The summed E-state index contributed by atoms with van der Waals surface area (Å²) in [6, 6.07) is -0.809. The molecule has 0 aromatic heterocycles. The van der Waals surface area contributed by atoms with Crippen LogP contribution in [0.3, 0.4) is 0 Å². The van der Waals surface area contributed by atoms with Crippen LogP contribution in [-0.4, -0.2) is 68.5 Å². The summed E-state index contributed by atoms with van der Waals surface area (Å²) in [5.74, 6) is -0.174. The van der Waals surface area contributed by atoms with Gasteiger partial charge < -0.3 is 28.8 Å². The average molecular weight is 1010 g/mol. The van der Waals surface area contributed by atoms with E-state index in [4.69, 9.17) is 9.05 Å². The Morgan fingerprint density at radius 2 is 0.829 bits per heavy atom. The maximum Gasteiger partial charge on any atom is 0.268 e. The molecule has 2 N–H and O–H groups in total. The summed E-state index contributed by atoms with van der Waals surface area (Å²) < 4.78 is 23.4. The van der Waals surface area contributed by atoms with Crippen molar-refractivity contribution in [2.24, 2.45) is 0 Å². The van der Waals surface area contributed by atoms with E-state index in [2.05, 4.69) is 55.6 Å². The molecule has 1 amide bonds. The molecule has 9 heteroatoms. The first kappa shape index (κ1) is 68.7. The number of hydrogen-bond donors (Lipinski definition) is 2. The van der Waals surface area contributed by atoms with Crippen molar-refractivity contribution in [3.8, 4) is 0 Å². The summed E-state index contributed by atoms with van der Waals surface area (Å²) in [5.41, 5.74) is 0. The average Bonchev–Trinajstić information content (AvgIpc) is 3.32. The van der Waals surface area contributed by atoms with Crippen molar-refractivity contribution < 1.29 is 32.9 Å². The van der Waals surface area contributed by atoms with Gasteiger partial charge in [0.1, 0.15) is 13.2 Å². The van der Waals surface area contributed by atoms with Gasteiger partial charge in [-0.05, 0) is 51.4 Å². The number of amides is 1. The van der Waals surface area contributed by atoms with Crippen LogP contribution >= 0.6 is 7.82 Å². The third kappa shape index (κ3) is 54.5. The van der Waals surface area contributed by atoms with Crippen LogP contribution in [0.25, 0.3) is 0 Å². The van der Waals surface area contributed by atoms with Gasteiger partial charge in [-0.3, -0.25) is 9.36 Å². The number of aliphatic hydroxyl groups excluding tert-OH is 1. The Labute approximate surface area is 436 Å². The largest absolute Gasteiger partial charge is 0.756 e. The Hall–Kier alpha value is -1.28. The normalized spacial score (nSPS) is 14.1. The Balaban J connectivity index is 4.14. The third-order valence-electron chi connectivity index (χ3n) is 13.9. The van der Waals surface area contributed by atoms with E-state index in [0.717, 1.165) is 64.2 Å². The van der Waals surface area contributed by atoms with Crippen LogP contribution < -0.4 is 10.2 Å². The monoisotopic (exact) mass is 1010 g/mol. The van der Waals surface area contributed by atoms with Crippen molar-refractivity contribution >= 4 is 13.7 Å². The first-order valence-corrected chi connectivity index (χ1v) is 31.8. The van der Waals surface area contributed by atoms with Crippen LogP contribution in [0.15, 0.2) is 36.5 Å². The van der Waals surface area contributed by atoms with E-state index in [9.17, 15) is 19.4 Å². The number of phosphoric acid groups is 1. The van der Waals surface area contributed by atoms with E-state index >= 15 is 0 Å². The number of hydrogen-bond acceptors (Lipinski definition) is 6. The number of phosphoric ester groups is 1. The molecule has 0 saturated carbocycles. The lowest BCUT2D eigenvalue weighted by Gasteiger charge is -2.30. The zero-order valence-corrected chi connectivity index (χ0v) is 48.1. The van der Waals surface area contributed by atoms with Gasteiger partial charge in [-0.15, -0.1) is 0 Å². The lowest BCUT2D eigenvalue weighted by molar-refractivity contribution is -0.870. The molecule has 0 aliphatic carbocycles. The maximum atomic E-state index is 13.0. The molecule has 8 nitrogen and oxygen atoms in total. The van der Waals surface area contributed by atoms with Gasteiger partial charge in [0.05, 0.1) is 39.9 Å². The van der Waals surface area contributed by atoms with Crippen molar-refractivity contribution in [2.45, 2.75) is 309 Å². The molecule has 0 fully saturated rings. The molecule has 70 heavy (non-hydrogen) atoms. The van der Waals surface area contributed by atoms with Crippen molar-refractivity contribution in [3.63, 3.8) is 0 Å². The van der Waals surface area contributed by atoms with E-state index in [0.29, 0.717) is 23.9 Å². The minimum Gasteiger partial charge on any atom is -0.756 e. The van der Waals surface area contributed by atoms with Gasteiger partial charge in [0.25, 0.3) is 7.82 Å². The second-order valence-electron chi connectivity index (χ2n) is 22.1. The second-order valence-corrected chi connectivity index (χ2v) is 23.5. The van der Waals surface area contributed by atoms with Gasteiger partial charge in [0, 0.05) is 6.42 Å². The van der Waals surface area contributed by atoms with Crippen LogP contribution in [0.1, 0.15) is 296 Å². The maximum absolute atomic E-state index is 13.0. The van der Waals surface area contributed by atoms with Gasteiger partial charge in [0.2, 0.25) is 5.91 Å². The lowest BCUT2D eigenvalue weighted by atomic mass is 10.0. The van der Waals surface area contributed by atoms with E-state index in [1.165, 1.54) is 205 Å². The van der Waals surface area contributed by atoms with Crippen LogP contribution in [0.5, 0.6) is 0 Å². The van der Waals surface area contributed by atoms with E-state index in [1.807, 2.05) is 21.1 Å². The second kappa shape index (κ2) is 52.6. The van der Waals surface area contributed by atoms with Gasteiger partial charge in [-0.25, -0.2) is 0 Å². The zero-order valence-electron chi connectivity index (χ0n) is 47.2. The van der Waals surface area contributed by atoms with Gasteiger partial charge in [-0.1, -0.05) is 275 Å². The number of rotatable bonds is 56. The molecule has 3 unspecified atom stereocenters. The number of allylic oxidation sites excluding steroid dienone is 6. The molecule has 0 radical (unpaired) electrons. The molecule has 0 aromatic carbocycles. The molecule has 0 rings (SSSR count). The summed E-state index contributed by atoms with van der Waals surface area (Å²) in [4.78, 5) is 25.6. The SMILES string of the molecule is CCCCCCC/C=C\C/C=C\C/C=C\CCCCCCCCC(=O)NC(COP(=O)([O-])OCC[N+](C)(C)C)C(O)CCCCCCCCCCCCCCCCCCCCCCCCCCCCC. The Bertz CT molecular complexity index is 1230. The molecule has 414 valence electrons. The number of nitrogens with zero attached hydrogens (tertiary/aromatic N) is 1. The van der Waals surface area contributed by atoms with Crippen LogP contribution in [0.2, 0.25) is 0 Å². The molecule has 0 saturated heterocycles. The zero-order chi connectivity index (χ0) is 51.3. The van der Waals surface area contributed by atoms with Crippen molar-refractivity contribution in [1.29, 1.82) is 0 Å². The first-order chi connectivity index (χ1) is 34.0. The summed E-state index contributed by atoms with van der Waals surface area (Å²) in [7, 11) is 1.30. The summed E-state index contributed by atoms with van der Waals surface area (Å²) in [6.45, 7) is 4.74. The van der Waals surface area contributed by atoms with Crippen molar-refractivity contribution in [1.82, 2.24) is 5.32 Å². The van der Waals surface area contributed by atoms with E-state index in [-0.39, 0.29) is 19.1 Å². The third-order valence-corrected chi connectivity index (χ3v) is 14.8. The van der Waals surface area contributed by atoms with E-state index in [1.54, 1.807) is 0 Å². The number of quaternary nitrogens is 1. The first-order valence-electron chi connectivity index (χ1n) is 30.3. The van der Waals surface area contributed by atoms with Gasteiger partial charge in [-0.2, -0.15) is 0 Å². The fraction of sp³-hybridized carbons (Fsp3) is 0.885. The van der Waals surface area contributed by atoms with Gasteiger partial charge in [0.15, 0.2) is 0 Å². The number of nitrogens with one attached hydrogen (secondary N) is 1. The van der Waals surface area contributed by atoms with Gasteiger partial charge >= 0.3 is 0 Å². The highest BCUT2D eigenvalue weighted by Crippen LogP contribution is 2.38. The van der Waals surface area contributed by atoms with Crippen LogP contribution in [0, 0.1) is 0 Å². The Morgan fingerprint density at radius 1 is 0.500 bits per heavy atom. The topological polar surface area (TPSA) is 108 Å². The van der Waals surface area contributed by atoms with Crippen molar-refractivity contribution in [2.75, 3.05) is 40.9 Å². The molecule has 0 spiro atoms. The molecule has 3 atom stereocenters. The number of unbranched alkanes of at least 4 members (excludes halogenated alkanes) is 37. The van der Waals surface area contributed by atoms with E-state index < -0.39 is 20.0 Å². The highest BCUT2D eigenvalue weighted by Gasteiger charge is 2.24. The molecule has 0 bridgehead atoms. The predicted molar refractivity (Wildman–Crippen MR) is 302 cm³/mol. The minimum absolute atomic E-state index is 0.00934.